The molecule has 0 unspecified atom stereocenters. The number of rotatable bonds is 0. The smallest absolute Gasteiger partial charge is 0.137 e. The van der Waals surface area contributed by atoms with Crippen molar-refractivity contribution in [2.45, 2.75) is 6.42 Å². The molecule has 1 heterocycles. The molecule has 0 aromatic carbocycles. The molecule has 1 rings (SSSR count). The summed E-state index contributed by atoms with van der Waals surface area (Å²) in [5.41, 5.74) is 0. The molecule has 7 heavy (non-hydrogen) atoms. The van der Waals surface area contributed by atoms with Crippen molar-refractivity contribution < 1.29 is 4.74 Å². The van der Waals surface area contributed by atoms with Crippen molar-refractivity contribution in [3.05, 3.63) is 6.42 Å². The molecule has 0 atom stereocenters. The lowest BCUT2D eigenvalue weighted by Crippen LogP contribution is -1.88. The quantitative estimate of drug-likeness (QED) is 0.435. The van der Waals surface area contributed by atoms with Gasteiger partial charge in [-0.1, -0.05) is 0 Å². The van der Waals surface area contributed by atoms with Crippen LogP contribution in [-0.2, 0) is 4.74 Å². The Morgan fingerprint density at radius 1 is 1.57 bits per heavy atom. The van der Waals surface area contributed by atoms with Crippen LogP contribution < -0.4 is 0 Å². The second-order valence-corrected chi connectivity index (χ2v) is 1.39. The highest BCUT2D eigenvalue weighted by Gasteiger charge is 1.88. The zero-order valence-corrected chi connectivity index (χ0v) is 4.13. The highest BCUT2D eigenvalue weighted by molar-refractivity contribution is 5.67. The van der Waals surface area contributed by atoms with Gasteiger partial charge in [-0.25, -0.2) is 0 Å². The molecule has 0 spiro atoms. The van der Waals surface area contributed by atoms with Gasteiger partial charge in [0, 0.05) is 19.2 Å². The summed E-state index contributed by atoms with van der Waals surface area (Å²) in [5.74, 6) is 0. The van der Waals surface area contributed by atoms with Crippen LogP contribution >= 0.6 is 0 Å². The molecular formula is C5H8NO. The van der Waals surface area contributed by atoms with Crippen LogP contribution in [-0.4, -0.2) is 19.6 Å². The molecule has 0 aromatic heterocycles. The van der Waals surface area contributed by atoms with Crippen molar-refractivity contribution in [2.24, 2.45) is 4.99 Å². The molecule has 1 aliphatic rings. The van der Waals surface area contributed by atoms with E-state index in [-0.39, 0.29) is 0 Å². The Hall–Kier alpha value is -0.370. The van der Waals surface area contributed by atoms with Crippen LogP contribution in [0.3, 0.4) is 0 Å². The number of hydrogen-bond acceptors (Lipinski definition) is 2. The van der Waals surface area contributed by atoms with Gasteiger partial charge in [-0.2, -0.15) is 0 Å². The summed E-state index contributed by atoms with van der Waals surface area (Å²) in [7, 11) is 0. The van der Waals surface area contributed by atoms with Crippen LogP contribution in [0.1, 0.15) is 6.42 Å². The molecule has 0 N–H and O–H groups in total. The largest absolute Gasteiger partial charge is 0.359 e. The van der Waals surface area contributed by atoms with Gasteiger partial charge in [0.15, 0.2) is 0 Å². The molecule has 39 valence electrons. The van der Waals surface area contributed by atoms with Crippen molar-refractivity contribution in [3.8, 4) is 0 Å². The van der Waals surface area contributed by atoms with Gasteiger partial charge in [-0.3, -0.25) is 4.99 Å². The first kappa shape index (κ1) is 4.78. The Morgan fingerprint density at radius 3 is 3.57 bits per heavy atom. The molecule has 2 nitrogen and oxygen atoms in total. The average molecular weight is 98.1 g/mol. The van der Waals surface area contributed by atoms with Gasteiger partial charge in [0.25, 0.3) is 0 Å². The van der Waals surface area contributed by atoms with Crippen molar-refractivity contribution >= 4 is 6.21 Å². The van der Waals surface area contributed by atoms with Crippen LogP contribution in [0, 0.1) is 6.42 Å². The summed E-state index contributed by atoms with van der Waals surface area (Å²) in [6.07, 6.45) is 4.81. The third-order valence-electron chi connectivity index (χ3n) is 0.805. The number of nitrogens with zero attached hydrogens (tertiary/aromatic N) is 1. The normalized spacial score (nSPS) is 21.7. The highest BCUT2D eigenvalue weighted by Crippen LogP contribution is 1.90. The minimum atomic E-state index is 0.538. The number of ether oxygens (including phenoxy) is 1. The molecule has 0 aromatic rings. The molecule has 2 heteroatoms. The van der Waals surface area contributed by atoms with E-state index in [0.29, 0.717) is 6.73 Å². The van der Waals surface area contributed by atoms with Crippen molar-refractivity contribution in [1.82, 2.24) is 0 Å². The number of hydrogen-bond donors (Lipinski definition) is 0. The lowest BCUT2D eigenvalue weighted by molar-refractivity contribution is 0.149. The van der Waals surface area contributed by atoms with Crippen LogP contribution in [0.2, 0.25) is 0 Å². The third kappa shape index (κ3) is 1.69. The average Bonchev–Trinajstić information content (AvgIpc) is 1.90. The van der Waals surface area contributed by atoms with E-state index in [1.165, 1.54) is 0 Å². The van der Waals surface area contributed by atoms with Crippen LogP contribution in [0.5, 0.6) is 0 Å². The van der Waals surface area contributed by atoms with E-state index in [1.54, 1.807) is 6.21 Å². The summed E-state index contributed by atoms with van der Waals surface area (Å²) >= 11 is 0. The van der Waals surface area contributed by atoms with E-state index in [4.69, 9.17) is 4.74 Å². The van der Waals surface area contributed by atoms with Crippen molar-refractivity contribution in [2.75, 3.05) is 13.3 Å². The van der Waals surface area contributed by atoms with Gasteiger partial charge >= 0.3 is 0 Å². The minimum absolute atomic E-state index is 0.538. The van der Waals surface area contributed by atoms with Gasteiger partial charge in [0.2, 0.25) is 0 Å². The maximum absolute atomic E-state index is 4.97. The Kier molecular flexibility index (Phi) is 1.88. The van der Waals surface area contributed by atoms with E-state index in [9.17, 15) is 0 Å². The molecule has 0 fully saturated rings. The Labute approximate surface area is 43.2 Å². The lowest BCUT2D eigenvalue weighted by atomic mass is 10.3. The van der Waals surface area contributed by atoms with E-state index in [0.717, 1.165) is 13.0 Å². The van der Waals surface area contributed by atoms with Gasteiger partial charge in [0.1, 0.15) is 6.73 Å². The summed E-state index contributed by atoms with van der Waals surface area (Å²) < 4.78 is 4.97. The Bertz CT molecular complexity index is 62.5. The van der Waals surface area contributed by atoms with Crippen LogP contribution in [0.15, 0.2) is 4.99 Å². The fraction of sp³-hybridized carbons (Fsp3) is 0.600. The fourth-order valence-electron chi connectivity index (χ4n) is 0.461. The van der Waals surface area contributed by atoms with Gasteiger partial charge < -0.3 is 4.74 Å². The number of aliphatic imine (C=N–C) groups is 1. The van der Waals surface area contributed by atoms with Crippen molar-refractivity contribution in [3.63, 3.8) is 0 Å². The molecular weight excluding hydrogens is 90.1 g/mol. The standard InChI is InChI=1S/C5H8NO/c1-2-4-7-5-6-3-1/h1,3H,2,4-5H2. The van der Waals surface area contributed by atoms with E-state index >= 15 is 0 Å². The van der Waals surface area contributed by atoms with Crippen LogP contribution in [0.25, 0.3) is 0 Å². The fourth-order valence-corrected chi connectivity index (χ4v) is 0.461. The predicted molar refractivity (Wildman–Crippen MR) is 28.2 cm³/mol. The van der Waals surface area contributed by atoms with E-state index in [1.807, 2.05) is 6.42 Å². The first-order valence-corrected chi connectivity index (χ1v) is 2.39. The third-order valence-corrected chi connectivity index (χ3v) is 0.805. The maximum Gasteiger partial charge on any atom is 0.137 e. The van der Waals surface area contributed by atoms with E-state index in [2.05, 4.69) is 4.99 Å². The minimum Gasteiger partial charge on any atom is -0.359 e. The zero-order valence-electron chi connectivity index (χ0n) is 4.13. The van der Waals surface area contributed by atoms with Gasteiger partial charge in [-0.15, -0.1) is 0 Å². The summed E-state index contributed by atoms with van der Waals surface area (Å²) in [5, 5.41) is 0. The Morgan fingerprint density at radius 2 is 2.57 bits per heavy atom. The summed E-state index contributed by atoms with van der Waals surface area (Å²) in [4.78, 5) is 3.87. The summed E-state index contributed by atoms with van der Waals surface area (Å²) in [6, 6.07) is 0. The van der Waals surface area contributed by atoms with Gasteiger partial charge in [-0.05, 0) is 6.42 Å². The zero-order chi connectivity index (χ0) is 4.95. The molecule has 0 amide bonds. The molecule has 1 radical (unpaired) electrons. The highest BCUT2D eigenvalue weighted by atomic mass is 16.5. The monoisotopic (exact) mass is 98.1 g/mol. The lowest BCUT2D eigenvalue weighted by Gasteiger charge is -1.90. The SMILES string of the molecule is [CH]1C=NCOCC1. The molecule has 1 aliphatic heterocycles. The molecule has 0 aliphatic carbocycles. The van der Waals surface area contributed by atoms with E-state index < -0.39 is 0 Å². The maximum atomic E-state index is 4.97. The first-order chi connectivity index (χ1) is 3.50. The molecule has 0 bridgehead atoms. The Balaban J connectivity index is 2.20. The predicted octanol–water partition coefficient (Wildman–Crippen LogP) is 0.639. The first-order valence-electron chi connectivity index (χ1n) is 2.39. The van der Waals surface area contributed by atoms with Crippen molar-refractivity contribution in [1.29, 1.82) is 0 Å². The second kappa shape index (κ2) is 2.75. The topological polar surface area (TPSA) is 21.6 Å². The second-order valence-electron chi connectivity index (χ2n) is 1.39. The van der Waals surface area contributed by atoms with Gasteiger partial charge in [0.05, 0.1) is 0 Å². The molecule has 0 saturated carbocycles. The molecule has 0 saturated heterocycles. The van der Waals surface area contributed by atoms with Crippen LogP contribution in [0.4, 0.5) is 0 Å². The summed E-state index contributed by atoms with van der Waals surface area (Å²) in [6.45, 7) is 1.36.